The van der Waals surface area contributed by atoms with Crippen molar-refractivity contribution in [1.82, 2.24) is 15.2 Å². The van der Waals surface area contributed by atoms with Gasteiger partial charge in [0.2, 0.25) is 0 Å². The lowest BCUT2D eigenvalue weighted by Gasteiger charge is -2.18. The monoisotopic (exact) mass is 393 g/mol. The van der Waals surface area contributed by atoms with Crippen LogP contribution in [0.15, 0.2) is 54.6 Å². The van der Waals surface area contributed by atoms with E-state index in [0.717, 1.165) is 5.56 Å². The minimum absolute atomic E-state index is 0.134. The van der Waals surface area contributed by atoms with Gasteiger partial charge in [-0.25, -0.2) is 9.78 Å². The third-order valence-corrected chi connectivity index (χ3v) is 4.14. The molecule has 1 heterocycles. The molecule has 0 fully saturated rings. The van der Waals surface area contributed by atoms with E-state index in [-0.39, 0.29) is 5.69 Å². The van der Waals surface area contributed by atoms with Crippen LogP contribution in [0.4, 0.5) is 11.4 Å². The first-order chi connectivity index (χ1) is 14.0. The molecule has 0 spiro atoms. The number of carbonyl (C=O) groups excluding carboxylic acids is 1. The number of anilines is 1. The van der Waals surface area contributed by atoms with Crippen LogP contribution in [-0.4, -0.2) is 33.2 Å². The van der Waals surface area contributed by atoms with E-state index in [4.69, 9.17) is 0 Å². The van der Waals surface area contributed by atoms with Crippen LogP contribution in [0.25, 0.3) is 6.08 Å². The average molecular weight is 393 g/mol. The fraction of sp³-hybridized carbons (Fsp3) is 0.150. The molecular weight excluding hydrogens is 374 g/mol. The molecule has 1 unspecified atom stereocenters. The molecule has 9 nitrogen and oxygen atoms in total. The number of nitrogens with one attached hydrogen (secondary N) is 2. The standard InChI is InChI=1S/C20H19N5O4/c1-13-21-20(24-23-13)19(15-6-4-3-5-7-15)22-16-10-8-14(9-11-18(26)29-2)12-17(16)25(27)28/h3-12,19,22H,1-2H3,(H,21,23,24)/b11-9+. The van der Waals surface area contributed by atoms with E-state index < -0.39 is 16.9 Å². The number of nitro benzene ring substituents is 1. The van der Waals surface area contributed by atoms with Crippen LogP contribution in [0.5, 0.6) is 0 Å². The number of hydrogen-bond donors (Lipinski definition) is 2. The van der Waals surface area contributed by atoms with E-state index in [9.17, 15) is 14.9 Å². The number of methoxy groups -OCH3 is 1. The summed E-state index contributed by atoms with van der Waals surface area (Å²) in [6.45, 7) is 1.78. The van der Waals surface area contributed by atoms with Gasteiger partial charge in [0.05, 0.1) is 12.0 Å². The maximum absolute atomic E-state index is 11.6. The Balaban J connectivity index is 1.98. The van der Waals surface area contributed by atoms with Crippen LogP contribution in [-0.2, 0) is 9.53 Å². The van der Waals surface area contributed by atoms with Crippen LogP contribution in [0.2, 0.25) is 0 Å². The van der Waals surface area contributed by atoms with E-state index in [1.165, 1.54) is 25.3 Å². The predicted molar refractivity (Wildman–Crippen MR) is 107 cm³/mol. The Morgan fingerprint density at radius 3 is 2.66 bits per heavy atom. The number of rotatable bonds is 7. The lowest BCUT2D eigenvalue weighted by molar-refractivity contribution is -0.384. The Morgan fingerprint density at radius 2 is 2.03 bits per heavy atom. The van der Waals surface area contributed by atoms with Gasteiger partial charge in [0, 0.05) is 12.1 Å². The van der Waals surface area contributed by atoms with Gasteiger partial charge in [0.1, 0.15) is 17.6 Å². The number of aryl methyl sites for hydroxylation is 1. The minimum atomic E-state index is -0.543. The summed E-state index contributed by atoms with van der Waals surface area (Å²) in [5, 5.41) is 21.8. The highest BCUT2D eigenvalue weighted by molar-refractivity contribution is 5.87. The number of benzene rings is 2. The number of carbonyl (C=O) groups is 1. The van der Waals surface area contributed by atoms with E-state index in [0.29, 0.717) is 22.9 Å². The first-order valence-electron chi connectivity index (χ1n) is 8.73. The highest BCUT2D eigenvalue weighted by atomic mass is 16.6. The molecule has 3 rings (SSSR count). The van der Waals surface area contributed by atoms with Gasteiger partial charge < -0.3 is 10.1 Å². The van der Waals surface area contributed by atoms with Gasteiger partial charge in [0.25, 0.3) is 5.69 Å². The molecule has 0 saturated heterocycles. The van der Waals surface area contributed by atoms with E-state index in [2.05, 4.69) is 25.2 Å². The second-order valence-corrected chi connectivity index (χ2v) is 6.16. The first kappa shape index (κ1) is 19.7. The molecule has 148 valence electrons. The van der Waals surface area contributed by atoms with Crippen LogP contribution >= 0.6 is 0 Å². The summed E-state index contributed by atoms with van der Waals surface area (Å²) in [6, 6.07) is 13.6. The van der Waals surface area contributed by atoms with Crippen molar-refractivity contribution < 1.29 is 14.5 Å². The third-order valence-electron chi connectivity index (χ3n) is 4.14. The van der Waals surface area contributed by atoms with Gasteiger partial charge in [-0.2, -0.15) is 5.10 Å². The van der Waals surface area contributed by atoms with E-state index in [1.54, 1.807) is 19.1 Å². The zero-order chi connectivity index (χ0) is 20.8. The molecule has 1 atom stereocenters. The second kappa shape index (κ2) is 8.79. The molecule has 0 aliphatic heterocycles. The fourth-order valence-electron chi connectivity index (χ4n) is 2.74. The summed E-state index contributed by atoms with van der Waals surface area (Å²) in [6.07, 6.45) is 2.66. The average Bonchev–Trinajstić information content (AvgIpc) is 3.17. The van der Waals surface area contributed by atoms with Gasteiger partial charge in [-0.15, -0.1) is 0 Å². The number of aromatic amines is 1. The minimum Gasteiger partial charge on any atom is -0.466 e. The smallest absolute Gasteiger partial charge is 0.330 e. The highest BCUT2D eigenvalue weighted by Gasteiger charge is 2.23. The lowest BCUT2D eigenvalue weighted by Crippen LogP contribution is -2.15. The molecule has 3 aromatic rings. The SMILES string of the molecule is COC(=O)/C=C/c1ccc(NC(c2ccccc2)c2n[nH]c(C)n2)c([N+](=O)[O-])c1. The Morgan fingerprint density at radius 1 is 1.28 bits per heavy atom. The van der Waals surface area contributed by atoms with Crippen LogP contribution < -0.4 is 5.32 Å². The normalized spacial score (nSPS) is 11.9. The number of nitrogens with zero attached hydrogens (tertiary/aromatic N) is 3. The van der Waals surface area contributed by atoms with Crippen molar-refractivity contribution >= 4 is 23.4 Å². The Hall–Kier alpha value is -4.01. The molecule has 0 saturated carbocycles. The maximum Gasteiger partial charge on any atom is 0.330 e. The van der Waals surface area contributed by atoms with E-state index in [1.807, 2.05) is 30.3 Å². The van der Waals surface area contributed by atoms with Crippen molar-refractivity contribution in [1.29, 1.82) is 0 Å². The van der Waals surface area contributed by atoms with Gasteiger partial charge >= 0.3 is 5.97 Å². The summed E-state index contributed by atoms with van der Waals surface area (Å²) in [5.74, 6) is 0.567. The van der Waals surface area contributed by atoms with Crippen LogP contribution in [0, 0.1) is 17.0 Å². The quantitative estimate of drug-likeness (QED) is 0.273. The number of ether oxygens (including phenoxy) is 1. The molecule has 0 bridgehead atoms. The third kappa shape index (κ3) is 4.83. The van der Waals surface area contributed by atoms with Crippen molar-refractivity contribution in [3.8, 4) is 0 Å². The fourth-order valence-corrected chi connectivity index (χ4v) is 2.74. The molecule has 1 aromatic heterocycles. The van der Waals surface area contributed by atoms with Gasteiger partial charge in [-0.05, 0) is 30.2 Å². The zero-order valence-corrected chi connectivity index (χ0v) is 15.8. The second-order valence-electron chi connectivity index (χ2n) is 6.16. The number of hydrogen-bond acceptors (Lipinski definition) is 7. The maximum atomic E-state index is 11.6. The summed E-state index contributed by atoms with van der Waals surface area (Å²) in [4.78, 5) is 26.8. The molecule has 2 aromatic carbocycles. The van der Waals surface area contributed by atoms with Crippen molar-refractivity contribution in [3.05, 3.63) is 87.5 Å². The molecule has 0 aliphatic carbocycles. The molecule has 0 amide bonds. The number of nitro groups is 1. The van der Waals surface area contributed by atoms with E-state index >= 15 is 0 Å². The van der Waals surface area contributed by atoms with Crippen LogP contribution in [0.1, 0.15) is 28.8 Å². The molecule has 0 aliphatic rings. The van der Waals surface area contributed by atoms with Crippen LogP contribution in [0.3, 0.4) is 0 Å². The summed E-state index contributed by atoms with van der Waals surface area (Å²) in [5.41, 5.74) is 1.53. The summed E-state index contributed by atoms with van der Waals surface area (Å²) >= 11 is 0. The zero-order valence-electron chi connectivity index (χ0n) is 15.8. The largest absolute Gasteiger partial charge is 0.466 e. The van der Waals surface area contributed by atoms with Gasteiger partial charge in [-0.3, -0.25) is 15.2 Å². The molecule has 0 radical (unpaired) electrons. The summed E-state index contributed by atoms with van der Waals surface area (Å²) < 4.78 is 4.54. The topological polar surface area (TPSA) is 123 Å². The van der Waals surface area contributed by atoms with Gasteiger partial charge in [-0.1, -0.05) is 36.4 Å². The molecule has 9 heteroatoms. The highest BCUT2D eigenvalue weighted by Crippen LogP contribution is 2.31. The first-order valence-corrected chi connectivity index (χ1v) is 8.73. The predicted octanol–water partition coefficient (Wildman–Crippen LogP) is 3.41. The molecule has 2 N–H and O–H groups in total. The lowest BCUT2D eigenvalue weighted by atomic mass is 10.1. The molecular formula is C20H19N5O4. The summed E-state index contributed by atoms with van der Waals surface area (Å²) in [7, 11) is 1.26. The molecule has 29 heavy (non-hydrogen) atoms. The Kier molecular flexibility index (Phi) is 5.98. The van der Waals surface area contributed by atoms with Crippen molar-refractivity contribution in [2.75, 3.05) is 12.4 Å². The Bertz CT molecular complexity index is 1050. The van der Waals surface area contributed by atoms with Crippen molar-refractivity contribution in [3.63, 3.8) is 0 Å². The number of aromatic nitrogens is 3. The Labute approximate surface area is 166 Å². The van der Waals surface area contributed by atoms with Crippen molar-refractivity contribution in [2.45, 2.75) is 13.0 Å². The number of H-pyrrole nitrogens is 1. The van der Waals surface area contributed by atoms with Crippen molar-refractivity contribution in [2.24, 2.45) is 0 Å². The van der Waals surface area contributed by atoms with Gasteiger partial charge in [0.15, 0.2) is 5.82 Å². The number of esters is 1.